The molecule has 1 unspecified atom stereocenters. The Morgan fingerprint density at radius 1 is 1.33 bits per heavy atom. The summed E-state index contributed by atoms with van der Waals surface area (Å²) < 4.78 is 13.8. The molecule has 0 aliphatic rings. The van der Waals surface area contributed by atoms with Crippen molar-refractivity contribution in [1.29, 1.82) is 0 Å². The smallest absolute Gasteiger partial charge is 0.141 e. The molecule has 1 aromatic heterocycles. The standard InChI is InChI=1S/C13H13BrFN3/c14-10-3-1-2-9(6-10)7-13(18-16)12-5-4-11(15)8-17-12/h1-6,8,13,18H,7,16H2. The highest BCUT2D eigenvalue weighted by Gasteiger charge is 2.12. The fourth-order valence-electron chi connectivity index (χ4n) is 1.74. The van der Waals surface area contributed by atoms with Crippen molar-refractivity contribution in [3.8, 4) is 0 Å². The molecular weight excluding hydrogens is 297 g/mol. The average Bonchev–Trinajstić information content (AvgIpc) is 2.37. The summed E-state index contributed by atoms with van der Waals surface area (Å²) in [5.41, 5.74) is 4.55. The summed E-state index contributed by atoms with van der Waals surface area (Å²) >= 11 is 3.42. The first-order valence-electron chi connectivity index (χ1n) is 5.51. The molecule has 18 heavy (non-hydrogen) atoms. The van der Waals surface area contributed by atoms with Gasteiger partial charge in [-0.25, -0.2) is 4.39 Å². The first-order chi connectivity index (χ1) is 8.69. The molecule has 0 saturated heterocycles. The maximum Gasteiger partial charge on any atom is 0.141 e. The Morgan fingerprint density at radius 3 is 2.78 bits per heavy atom. The zero-order valence-corrected chi connectivity index (χ0v) is 11.2. The zero-order chi connectivity index (χ0) is 13.0. The van der Waals surface area contributed by atoms with Crippen molar-refractivity contribution in [3.63, 3.8) is 0 Å². The molecule has 5 heteroatoms. The van der Waals surface area contributed by atoms with Gasteiger partial charge in [0.15, 0.2) is 0 Å². The van der Waals surface area contributed by atoms with Crippen molar-refractivity contribution >= 4 is 15.9 Å². The molecular formula is C13H13BrFN3. The van der Waals surface area contributed by atoms with Crippen LogP contribution in [0, 0.1) is 5.82 Å². The summed E-state index contributed by atoms with van der Waals surface area (Å²) in [7, 11) is 0. The third-order valence-electron chi connectivity index (χ3n) is 2.64. The second kappa shape index (κ2) is 6.04. The van der Waals surface area contributed by atoms with Crippen molar-refractivity contribution in [1.82, 2.24) is 10.4 Å². The Kier molecular flexibility index (Phi) is 4.41. The Bertz CT molecular complexity index is 516. The zero-order valence-electron chi connectivity index (χ0n) is 9.61. The number of pyridine rings is 1. The molecule has 3 N–H and O–H groups in total. The molecule has 2 aromatic rings. The van der Waals surface area contributed by atoms with Crippen molar-refractivity contribution in [2.45, 2.75) is 12.5 Å². The largest absolute Gasteiger partial charge is 0.271 e. The van der Waals surface area contributed by atoms with E-state index in [1.54, 1.807) is 6.07 Å². The van der Waals surface area contributed by atoms with E-state index in [1.807, 2.05) is 24.3 Å². The monoisotopic (exact) mass is 309 g/mol. The molecule has 1 aromatic carbocycles. The summed E-state index contributed by atoms with van der Waals surface area (Å²) in [6, 6.07) is 10.8. The van der Waals surface area contributed by atoms with Gasteiger partial charge in [0.05, 0.1) is 17.9 Å². The average molecular weight is 310 g/mol. The lowest BCUT2D eigenvalue weighted by Crippen LogP contribution is -2.30. The van der Waals surface area contributed by atoms with Gasteiger partial charge in [0, 0.05) is 4.47 Å². The Balaban J connectivity index is 2.17. The number of halogens is 2. The molecule has 0 radical (unpaired) electrons. The van der Waals surface area contributed by atoms with Crippen molar-refractivity contribution < 1.29 is 4.39 Å². The Labute approximate surface area is 113 Å². The first-order valence-corrected chi connectivity index (χ1v) is 6.30. The number of nitrogens with zero attached hydrogens (tertiary/aromatic N) is 1. The van der Waals surface area contributed by atoms with Crippen LogP contribution in [0.2, 0.25) is 0 Å². The molecule has 0 bridgehead atoms. The number of rotatable bonds is 4. The first kappa shape index (κ1) is 13.1. The van der Waals surface area contributed by atoms with Crippen LogP contribution >= 0.6 is 15.9 Å². The van der Waals surface area contributed by atoms with Crippen LogP contribution in [0.25, 0.3) is 0 Å². The second-order valence-corrected chi connectivity index (χ2v) is 4.87. The molecule has 0 saturated carbocycles. The topological polar surface area (TPSA) is 50.9 Å². The molecule has 0 fully saturated rings. The van der Waals surface area contributed by atoms with Crippen molar-refractivity contribution in [3.05, 3.63) is 64.1 Å². The number of hydrazine groups is 1. The quantitative estimate of drug-likeness (QED) is 0.674. The van der Waals surface area contributed by atoms with Crippen LogP contribution in [0.15, 0.2) is 47.1 Å². The van der Waals surface area contributed by atoms with Gasteiger partial charge in [-0.15, -0.1) is 0 Å². The molecule has 94 valence electrons. The molecule has 0 aliphatic heterocycles. The van der Waals surface area contributed by atoms with Gasteiger partial charge < -0.3 is 0 Å². The Morgan fingerprint density at radius 2 is 2.17 bits per heavy atom. The molecule has 0 amide bonds. The third kappa shape index (κ3) is 3.35. The summed E-state index contributed by atoms with van der Waals surface area (Å²) in [6.07, 6.45) is 1.88. The minimum atomic E-state index is -0.350. The van der Waals surface area contributed by atoms with Crippen LogP contribution in [0.3, 0.4) is 0 Å². The number of benzene rings is 1. The van der Waals surface area contributed by atoms with Gasteiger partial charge in [-0.05, 0) is 36.2 Å². The third-order valence-corrected chi connectivity index (χ3v) is 3.13. The van der Waals surface area contributed by atoms with E-state index in [2.05, 4.69) is 26.3 Å². The number of hydrogen-bond donors (Lipinski definition) is 2. The minimum absolute atomic E-state index is 0.139. The van der Waals surface area contributed by atoms with Crippen LogP contribution in [0.4, 0.5) is 4.39 Å². The summed E-state index contributed by atoms with van der Waals surface area (Å²) in [4.78, 5) is 4.04. The van der Waals surface area contributed by atoms with Gasteiger partial charge in [0.2, 0.25) is 0 Å². The number of hydrogen-bond acceptors (Lipinski definition) is 3. The predicted octanol–water partition coefficient (Wildman–Crippen LogP) is 2.73. The second-order valence-electron chi connectivity index (χ2n) is 3.95. The highest BCUT2D eigenvalue weighted by atomic mass is 79.9. The van der Waals surface area contributed by atoms with E-state index >= 15 is 0 Å². The highest BCUT2D eigenvalue weighted by molar-refractivity contribution is 9.10. The van der Waals surface area contributed by atoms with Crippen molar-refractivity contribution in [2.75, 3.05) is 0 Å². The predicted molar refractivity (Wildman–Crippen MR) is 72.1 cm³/mol. The van der Waals surface area contributed by atoms with Gasteiger partial charge in [-0.3, -0.25) is 16.3 Å². The number of nitrogens with two attached hydrogens (primary N) is 1. The molecule has 2 rings (SSSR count). The number of nitrogens with one attached hydrogen (secondary N) is 1. The van der Waals surface area contributed by atoms with Crippen LogP contribution in [0.5, 0.6) is 0 Å². The minimum Gasteiger partial charge on any atom is -0.271 e. The van der Waals surface area contributed by atoms with Crippen LogP contribution in [-0.2, 0) is 6.42 Å². The molecule has 3 nitrogen and oxygen atoms in total. The normalized spacial score (nSPS) is 12.4. The van der Waals surface area contributed by atoms with Crippen molar-refractivity contribution in [2.24, 2.45) is 5.84 Å². The SMILES string of the molecule is NNC(Cc1cccc(Br)c1)c1ccc(F)cn1. The van der Waals surface area contributed by atoms with Gasteiger partial charge in [-0.2, -0.15) is 0 Å². The van der Waals surface area contributed by atoms with Crippen LogP contribution < -0.4 is 11.3 Å². The van der Waals surface area contributed by atoms with Crippen LogP contribution in [-0.4, -0.2) is 4.98 Å². The fourth-order valence-corrected chi connectivity index (χ4v) is 2.19. The molecule has 1 heterocycles. The van der Waals surface area contributed by atoms with E-state index in [9.17, 15) is 4.39 Å². The van der Waals surface area contributed by atoms with E-state index in [4.69, 9.17) is 5.84 Å². The van der Waals surface area contributed by atoms with E-state index in [0.29, 0.717) is 6.42 Å². The summed E-state index contributed by atoms with van der Waals surface area (Å²) in [6.45, 7) is 0. The van der Waals surface area contributed by atoms with Gasteiger partial charge >= 0.3 is 0 Å². The van der Waals surface area contributed by atoms with E-state index in [-0.39, 0.29) is 11.9 Å². The summed E-state index contributed by atoms with van der Waals surface area (Å²) in [5.74, 6) is 5.18. The van der Waals surface area contributed by atoms with Gasteiger partial charge in [-0.1, -0.05) is 28.1 Å². The van der Waals surface area contributed by atoms with Gasteiger partial charge in [0.1, 0.15) is 5.82 Å². The maximum absolute atomic E-state index is 12.8. The molecule has 0 spiro atoms. The van der Waals surface area contributed by atoms with E-state index in [0.717, 1.165) is 15.7 Å². The number of aromatic nitrogens is 1. The maximum atomic E-state index is 12.8. The fraction of sp³-hybridized carbons (Fsp3) is 0.154. The lowest BCUT2D eigenvalue weighted by molar-refractivity contribution is 0.533. The van der Waals surface area contributed by atoms with E-state index < -0.39 is 0 Å². The van der Waals surface area contributed by atoms with Gasteiger partial charge in [0.25, 0.3) is 0 Å². The highest BCUT2D eigenvalue weighted by Crippen LogP contribution is 2.19. The summed E-state index contributed by atoms with van der Waals surface area (Å²) in [5, 5.41) is 0. The lowest BCUT2D eigenvalue weighted by Gasteiger charge is -2.15. The molecule has 1 atom stereocenters. The Hall–Kier alpha value is -1.30. The molecule has 0 aliphatic carbocycles. The lowest BCUT2D eigenvalue weighted by atomic mass is 10.0. The van der Waals surface area contributed by atoms with E-state index in [1.165, 1.54) is 12.3 Å². The van der Waals surface area contributed by atoms with Crippen LogP contribution in [0.1, 0.15) is 17.3 Å².